The zero-order chi connectivity index (χ0) is 20.6. The second-order valence-electron chi connectivity index (χ2n) is 6.99. The van der Waals surface area contributed by atoms with Gasteiger partial charge in [0.25, 0.3) is 0 Å². The molecule has 0 aromatic rings. The largest absolute Gasteiger partial charge is 0.388 e. The summed E-state index contributed by atoms with van der Waals surface area (Å²) in [6.45, 7) is -0.967. The zero-order valence-corrected chi connectivity index (χ0v) is 14.7. The quantitative estimate of drug-likeness (QED) is 0.216. The topological polar surface area (TPSA) is 208 Å². The molecular weight excluding hydrogens is 388 g/mol. The minimum absolute atomic E-state index is 0.308. The molecule has 0 spiro atoms. The van der Waals surface area contributed by atoms with E-state index in [4.69, 9.17) is 23.7 Å². The second-order valence-corrected chi connectivity index (χ2v) is 6.99. The van der Waals surface area contributed by atoms with E-state index in [-0.39, 0.29) is 19.8 Å². The molecule has 13 heteroatoms. The third kappa shape index (κ3) is 4.46. The normalized spacial score (nSPS) is 53.1. The Balaban J connectivity index is 1.62. The number of aliphatic hydroxyl groups excluding tert-OH is 8. The summed E-state index contributed by atoms with van der Waals surface area (Å²) in [5.74, 6) is 0. The van der Waals surface area contributed by atoms with E-state index < -0.39 is 73.8 Å². The molecule has 1 unspecified atom stereocenters. The lowest BCUT2D eigenvalue weighted by Crippen LogP contribution is -2.62. The van der Waals surface area contributed by atoms with Crippen molar-refractivity contribution in [1.29, 1.82) is 0 Å². The summed E-state index contributed by atoms with van der Waals surface area (Å²) < 4.78 is 26.0. The summed E-state index contributed by atoms with van der Waals surface area (Å²) in [5, 5.41) is 78.6. The lowest BCUT2D eigenvalue weighted by atomic mass is 10.0. The molecule has 0 aliphatic carbocycles. The van der Waals surface area contributed by atoms with Gasteiger partial charge in [0, 0.05) is 0 Å². The average Bonchev–Trinajstić information content (AvgIpc) is 2.67. The van der Waals surface area contributed by atoms with E-state index >= 15 is 0 Å². The summed E-state index contributed by atoms with van der Waals surface area (Å²) in [6, 6.07) is 0. The molecule has 3 heterocycles. The van der Waals surface area contributed by atoms with Crippen molar-refractivity contribution < 1.29 is 64.5 Å². The van der Waals surface area contributed by atoms with Crippen molar-refractivity contribution in [1.82, 2.24) is 0 Å². The number of ether oxygens (including phenoxy) is 5. The van der Waals surface area contributed by atoms with Gasteiger partial charge in [-0.1, -0.05) is 0 Å². The maximum Gasteiger partial charge on any atom is 0.186 e. The van der Waals surface area contributed by atoms with Gasteiger partial charge in [-0.3, -0.25) is 0 Å². The van der Waals surface area contributed by atoms with E-state index in [1.807, 2.05) is 0 Å². The van der Waals surface area contributed by atoms with Crippen LogP contribution < -0.4 is 0 Å². The fourth-order valence-corrected chi connectivity index (χ4v) is 3.16. The van der Waals surface area contributed by atoms with Crippen molar-refractivity contribution in [2.24, 2.45) is 0 Å². The maximum atomic E-state index is 10.5. The Bertz CT molecular complexity index is 508. The molecule has 0 saturated carbocycles. The monoisotopic (exact) mass is 414 g/mol. The maximum absolute atomic E-state index is 10.5. The van der Waals surface area contributed by atoms with E-state index in [0.717, 1.165) is 0 Å². The molecule has 3 aliphatic heterocycles. The third-order valence-corrected chi connectivity index (χ3v) is 4.94. The van der Waals surface area contributed by atoms with Gasteiger partial charge in [0.1, 0.15) is 54.9 Å². The second kappa shape index (κ2) is 9.09. The van der Waals surface area contributed by atoms with Crippen molar-refractivity contribution in [3.8, 4) is 0 Å². The Morgan fingerprint density at radius 1 is 0.536 bits per heavy atom. The Labute approximate surface area is 159 Å². The van der Waals surface area contributed by atoms with Gasteiger partial charge in [-0.2, -0.15) is 0 Å². The van der Waals surface area contributed by atoms with E-state index in [0.29, 0.717) is 0 Å². The summed E-state index contributed by atoms with van der Waals surface area (Å²) >= 11 is 0. The lowest BCUT2D eigenvalue weighted by molar-refractivity contribution is -0.356. The van der Waals surface area contributed by atoms with Crippen LogP contribution in [0.4, 0.5) is 0 Å². The fraction of sp³-hybridized carbons (Fsp3) is 1.00. The highest BCUT2D eigenvalue weighted by atomic mass is 16.7. The molecule has 0 aromatic heterocycles. The fourth-order valence-electron chi connectivity index (χ4n) is 3.16. The Morgan fingerprint density at radius 2 is 1.04 bits per heavy atom. The highest BCUT2D eigenvalue weighted by molar-refractivity contribution is 4.90. The summed E-state index contributed by atoms with van der Waals surface area (Å²) in [4.78, 5) is 0. The molecule has 3 fully saturated rings. The van der Waals surface area contributed by atoms with Gasteiger partial charge < -0.3 is 64.5 Å². The molecule has 0 amide bonds. The van der Waals surface area contributed by atoms with E-state index in [2.05, 4.69) is 0 Å². The molecule has 3 aliphatic rings. The van der Waals surface area contributed by atoms with Crippen LogP contribution in [0.15, 0.2) is 0 Å². The molecule has 28 heavy (non-hydrogen) atoms. The van der Waals surface area contributed by atoms with Crippen LogP contribution in [0.2, 0.25) is 0 Å². The first-order valence-corrected chi connectivity index (χ1v) is 8.81. The number of hydrogen-bond donors (Lipinski definition) is 8. The third-order valence-electron chi connectivity index (χ3n) is 4.94. The predicted molar refractivity (Wildman–Crippen MR) is 83.2 cm³/mol. The van der Waals surface area contributed by atoms with Crippen molar-refractivity contribution in [3.05, 3.63) is 0 Å². The number of aliphatic hydroxyl groups is 8. The number of hydrogen-bond acceptors (Lipinski definition) is 13. The van der Waals surface area contributed by atoms with E-state index in [1.54, 1.807) is 0 Å². The smallest absolute Gasteiger partial charge is 0.186 e. The summed E-state index contributed by atoms with van der Waals surface area (Å²) in [6.07, 6.45) is -17.6. The highest BCUT2D eigenvalue weighted by Gasteiger charge is 2.48. The molecule has 164 valence electrons. The average molecular weight is 414 g/mol. The minimum Gasteiger partial charge on any atom is -0.388 e. The standard InChI is InChI=1S/C15H26O13/c16-4-1-25-14(10(21)7(4)18)27-6-3-24-13(23)12(9(6)20)28-15-11(22)8(19)5(17)2-26-15/h4-23H,1-3H2/t4-,5-,6-,7+,8+,9+,10-,11-,12-,13?,14+,15-/m1/s1. The molecule has 0 bridgehead atoms. The first kappa shape index (κ1) is 22.2. The zero-order valence-electron chi connectivity index (χ0n) is 14.7. The van der Waals surface area contributed by atoms with Crippen molar-refractivity contribution in [3.63, 3.8) is 0 Å². The summed E-state index contributed by atoms with van der Waals surface area (Å²) in [5.41, 5.74) is 0. The van der Waals surface area contributed by atoms with Crippen LogP contribution in [0, 0.1) is 0 Å². The van der Waals surface area contributed by atoms with E-state index in [9.17, 15) is 40.9 Å². The molecule has 0 aromatic carbocycles. The van der Waals surface area contributed by atoms with Crippen molar-refractivity contribution >= 4 is 0 Å². The minimum atomic E-state index is -1.65. The van der Waals surface area contributed by atoms with Crippen LogP contribution in [-0.4, -0.2) is 134 Å². The molecule has 3 rings (SSSR count). The molecule has 0 radical (unpaired) electrons. The van der Waals surface area contributed by atoms with Gasteiger partial charge in [0.2, 0.25) is 0 Å². The predicted octanol–water partition coefficient (Wildman–Crippen LogP) is -5.66. The lowest BCUT2D eigenvalue weighted by Gasteiger charge is -2.43. The molecule has 8 N–H and O–H groups in total. The Morgan fingerprint density at radius 3 is 1.57 bits per heavy atom. The molecule has 13 nitrogen and oxygen atoms in total. The molecular formula is C15H26O13. The van der Waals surface area contributed by atoms with Crippen LogP contribution in [0.5, 0.6) is 0 Å². The number of rotatable bonds is 4. The van der Waals surface area contributed by atoms with Gasteiger partial charge in [0.05, 0.1) is 19.8 Å². The molecule has 3 saturated heterocycles. The van der Waals surface area contributed by atoms with Crippen LogP contribution in [0.25, 0.3) is 0 Å². The Hall–Kier alpha value is -0.520. The summed E-state index contributed by atoms with van der Waals surface area (Å²) in [7, 11) is 0. The van der Waals surface area contributed by atoms with Crippen LogP contribution in [-0.2, 0) is 23.7 Å². The highest BCUT2D eigenvalue weighted by Crippen LogP contribution is 2.27. The van der Waals surface area contributed by atoms with Crippen LogP contribution >= 0.6 is 0 Å². The van der Waals surface area contributed by atoms with Crippen molar-refractivity contribution in [2.75, 3.05) is 19.8 Å². The van der Waals surface area contributed by atoms with Crippen LogP contribution in [0.1, 0.15) is 0 Å². The van der Waals surface area contributed by atoms with Gasteiger partial charge in [-0.15, -0.1) is 0 Å². The Kier molecular flexibility index (Phi) is 7.20. The van der Waals surface area contributed by atoms with Gasteiger partial charge >= 0.3 is 0 Å². The van der Waals surface area contributed by atoms with Gasteiger partial charge in [0.15, 0.2) is 18.9 Å². The molecule has 12 atom stereocenters. The van der Waals surface area contributed by atoms with Gasteiger partial charge in [-0.25, -0.2) is 0 Å². The van der Waals surface area contributed by atoms with E-state index in [1.165, 1.54) is 0 Å². The van der Waals surface area contributed by atoms with Gasteiger partial charge in [-0.05, 0) is 0 Å². The van der Waals surface area contributed by atoms with Crippen molar-refractivity contribution in [2.45, 2.75) is 73.8 Å². The first-order valence-electron chi connectivity index (χ1n) is 8.81. The van der Waals surface area contributed by atoms with Crippen LogP contribution in [0.3, 0.4) is 0 Å². The SMILES string of the molecule is OC1OC[C@@H](O[C@@H]2OC[C@@H](O)[C@H](O)[C@H]2O)[C@H](O)[C@H]1O[C@H]1OC[C@@H](O)[C@H](O)[C@H]1O. The first-order chi connectivity index (χ1) is 13.2.